The minimum Gasteiger partial charge on any atom is -0.372 e. The SMILES string of the molecule is CCN(CC)c1ccc(-c2nnc(SCC(=O)NC(=O)Nc3cccc(C)c3C)n2CC)cc1. The van der Waals surface area contributed by atoms with Crippen molar-refractivity contribution in [3.63, 3.8) is 0 Å². The molecule has 3 aromatic rings. The first-order valence-electron chi connectivity index (χ1n) is 11.5. The minimum atomic E-state index is -0.551. The van der Waals surface area contributed by atoms with Gasteiger partial charge in [-0.25, -0.2) is 4.79 Å². The van der Waals surface area contributed by atoms with Crippen LogP contribution in [0.4, 0.5) is 16.2 Å². The van der Waals surface area contributed by atoms with Gasteiger partial charge < -0.3 is 14.8 Å². The first-order valence-corrected chi connectivity index (χ1v) is 12.4. The summed E-state index contributed by atoms with van der Waals surface area (Å²) in [7, 11) is 0. The zero-order valence-corrected chi connectivity index (χ0v) is 21.2. The molecule has 0 bridgehead atoms. The van der Waals surface area contributed by atoms with E-state index in [9.17, 15) is 9.59 Å². The lowest BCUT2D eigenvalue weighted by molar-refractivity contribution is -0.117. The molecule has 0 saturated carbocycles. The highest BCUT2D eigenvalue weighted by molar-refractivity contribution is 7.99. The summed E-state index contributed by atoms with van der Waals surface area (Å²) in [5.41, 5.74) is 4.85. The summed E-state index contributed by atoms with van der Waals surface area (Å²) in [4.78, 5) is 26.9. The molecule has 0 saturated heterocycles. The molecule has 0 fully saturated rings. The average molecular weight is 481 g/mol. The van der Waals surface area contributed by atoms with Gasteiger partial charge in [0.05, 0.1) is 5.75 Å². The molecule has 0 aliphatic carbocycles. The van der Waals surface area contributed by atoms with E-state index in [1.807, 2.05) is 49.6 Å². The number of rotatable bonds is 9. The van der Waals surface area contributed by atoms with E-state index in [0.29, 0.717) is 17.4 Å². The number of aromatic nitrogens is 3. The van der Waals surface area contributed by atoms with Gasteiger partial charge in [-0.05, 0) is 76.1 Å². The predicted molar refractivity (Wildman–Crippen MR) is 138 cm³/mol. The molecule has 0 unspecified atom stereocenters. The Kier molecular flexibility index (Phi) is 8.70. The Morgan fingerprint density at radius 3 is 2.35 bits per heavy atom. The van der Waals surface area contributed by atoms with E-state index >= 15 is 0 Å². The van der Waals surface area contributed by atoms with E-state index in [1.54, 1.807) is 6.07 Å². The lowest BCUT2D eigenvalue weighted by atomic mass is 10.1. The van der Waals surface area contributed by atoms with Gasteiger partial charge in [-0.2, -0.15) is 0 Å². The monoisotopic (exact) mass is 480 g/mol. The molecule has 34 heavy (non-hydrogen) atoms. The number of aryl methyl sites for hydroxylation is 1. The summed E-state index contributed by atoms with van der Waals surface area (Å²) in [6.45, 7) is 12.7. The van der Waals surface area contributed by atoms with Gasteiger partial charge >= 0.3 is 6.03 Å². The second kappa shape index (κ2) is 11.7. The highest BCUT2D eigenvalue weighted by Gasteiger charge is 2.16. The van der Waals surface area contributed by atoms with Crippen molar-refractivity contribution in [3.05, 3.63) is 53.6 Å². The number of hydrogen-bond acceptors (Lipinski definition) is 6. The topological polar surface area (TPSA) is 92.2 Å². The van der Waals surface area contributed by atoms with Crippen molar-refractivity contribution in [1.82, 2.24) is 20.1 Å². The molecule has 2 aromatic carbocycles. The van der Waals surface area contributed by atoms with Crippen LogP contribution < -0.4 is 15.5 Å². The fourth-order valence-corrected chi connectivity index (χ4v) is 4.44. The number of anilines is 2. The van der Waals surface area contributed by atoms with E-state index in [-0.39, 0.29) is 5.75 Å². The zero-order valence-electron chi connectivity index (χ0n) is 20.4. The van der Waals surface area contributed by atoms with Crippen molar-refractivity contribution < 1.29 is 9.59 Å². The molecule has 0 atom stereocenters. The lowest BCUT2D eigenvalue weighted by Gasteiger charge is -2.21. The van der Waals surface area contributed by atoms with Crippen LogP contribution in [0.1, 0.15) is 31.9 Å². The maximum Gasteiger partial charge on any atom is 0.325 e. The standard InChI is InChI=1S/C25H32N6O2S/c1-6-30(7-2)20-14-12-19(13-15-20)23-28-29-25(31(23)8-3)34-16-22(32)27-24(33)26-21-11-9-10-17(4)18(21)5/h9-15H,6-8,16H2,1-5H3,(H2,26,27,32,33). The van der Waals surface area contributed by atoms with Crippen LogP contribution in [0.5, 0.6) is 0 Å². The van der Waals surface area contributed by atoms with Crippen molar-refractivity contribution >= 4 is 35.1 Å². The van der Waals surface area contributed by atoms with Crippen molar-refractivity contribution in [3.8, 4) is 11.4 Å². The highest BCUT2D eigenvalue weighted by atomic mass is 32.2. The molecule has 180 valence electrons. The molecule has 1 heterocycles. The molecule has 3 rings (SSSR count). The Morgan fingerprint density at radius 2 is 1.71 bits per heavy atom. The Morgan fingerprint density at radius 1 is 1.00 bits per heavy atom. The lowest BCUT2D eigenvalue weighted by Crippen LogP contribution is -2.35. The molecule has 2 N–H and O–H groups in total. The number of thioether (sulfide) groups is 1. The molecule has 3 amide bonds. The second-order valence-corrected chi connectivity index (χ2v) is 8.75. The van der Waals surface area contributed by atoms with E-state index in [0.717, 1.165) is 35.6 Å². The van der Waals surface area contributed by atoms with E-state index in [1.165, 1.54) is 17.4 Å². The Hall–Kier alpha value is -3.33. The van der Waals surface area contributed by atoms with Crippen molar-refractivity contribution in [2.24, 2.45) is 0 Å². The number of carbonyl (C=O) groups is 2. The van der Waals surface area contributed by atoms with Crippen LogP contribution >= 0.6 is 11.8 Å². The predicted octanol–water partition coefficient (Wildman–Crippen LogP) is 4.87. The van der Waals surface area contributed by atoms with Crippen molar-refractivity contribution in [1.29, 1.82) is 0 Å². The third-order valence-electron chi connectivity index (χ3n) is 5.73. The summed E-state index contributed by atoms with van der Waals surface area (Å²) >= 11 is 1.25. The zero-order chi connectivity index (χ0) is 24.7. The van der Waals surface area contributed by atoms with Gasteiger partial charge in [-0.3, -0.25) is 10.1 Å². The van der Waals surface area contributed by atoms with Crippen LogP contribution in [0.2, 0.25) is 0 Å². The molecular formula is C25H32N6O2S. The van der Waals surface area contributed by atoms with Crippen molar-refractivity contribution in [2.45, 2.75) is 46.3 Å². The van der Waals surface area contributed by atoms with Gasteiger partial charge in [0.25, 0.3) is 0 Å². The number of amides is 3. The summed E-state index contributed by atoms with van der Waals surface area (Å²) in [6, 6.07) is 13.4. The van der Waals surface area contributed by atoms with Gasteiger partial charge in [-0.15, -0.1) is 10.2 Å². The Bertz CT molecular complexity index is 1140. The summed E-state index contributed by atoms with van der Waals surface area (Å²) in [6.07, 6.45) is 0. The molecular weight excluding hydrogens is 448 g/mol. The fourth-order valence-electron chi connectivity index (χ4n) is 3.64. The number of benzene rings is 2. The number of hydrogen-bond donors (Lipinski definition) is 2. The molecule has 9 heteroatoms. The Labute approximate surface area is 205 Å². The van der Waals surface area contributed by atoms with Gasteiger partial charge in [0.15, 0.2) is 11.0 Å². The first-order chi connectivity index (χ1) is 16.4. The van der Waals surface area contributed by atoms with E-state index in [2.05, 4.69) is 51.7 Å². The normalized spacial score (nSPS) is 10.7. The van der Waals surface area contributed by atoms with Crippen LogP contribution in [0.15, 0.2) is 47.6 Å². The number of urea groups is 1. The van der Waals surface area contributed by atoms with Gasteiger partial charge in [0.1, 0.15) is 0 Å². The molecule has 0 radical (unpaired) electrons. The third kappa shape index (κ3) is 5.96. The maximum atomic E-state index is 12.3. The fraction of sp³-hybridized carbons (Fsp3) is 0.360. The molecule has 0 spiro atoms. The molecule has 8 nitrogen and oxygen atoms in total. The smallest absolute Gasteiger partial charge is 0.325 e. The largest absolute Gasteiger partial charge is 0.372 e. The van der Waals surface area contributed by atoms with Crippen LogP contribution in [0.3, 0.4) is 0 Å². The maximum absolute atomic E-state index is 12.3. The number of nitrogens with one attached hydrogen (secondary N) is 2. The number of carbonyl (C=O) groups excluding carboxylic acids is 2. The molecule has 0 aliphatic rings. The number of imide groups is 1. The molecule has 1 aromatic heterocycles. The highest BCUT2D eigenvalue weighted by Crippen LogP contribution is 2.26. The third-order valence-corrected chi connectivity index (χ3v) is 6.69. The van der Waals surface area contributed by atoms with Crippen LogP contribution in [-0.2, 0) is 11.3 Å². The van der Waals surface area contributed by atoms with Crippen LogP contribution in [-0.4, -0.2) is 45.5 Å². The quantitative estimate of drug-likeness (QED) is 0.425. The first kappa shape index (κ1) is 25.3. The number of nitrogens with zero attached hydrogens (tertiary/aromatic N) is 4. The van der Waals surface area contributed by atoms with Gasteiger partial charge in [0.2, 0.25) is 5.91 Å². The van der Waals surface area contributed by atoms with E-state index in [4.69, 9.17) is 0 Å². The van der Waals surface area contributed by atoms with E-state index < -0.39 is 11.9 Å². The average Bonchev–Trinajstić information content (AvgIpc) is 3.25. The van der Waals surface area contributed by atoms with Crippen LogP contribution in [0.25, 0.3) is 11.4 Å². The van der Waals surface area contributed by atoms with Gasteiger partial charge in [0, 0.05) is 36.6 Å². The second-order valence-electron chi connectivity index (χ2n) is 7.81. The molecule has 0 aliphatic heterocycles. The van der Waals surface area contributed by atoms with Gasteiger partial charge in [-0.1, -0.05) is 23.9 Å². The summed E-state index contributed by atoms with van der Waals surface area (Å²) < 4.78 is 1.97. The van der Waals surface area contributed by atoms with Crippen LogP contribution in [0, 0.1) is 13.8 Å². The Balaban J connectivity index is 1.61. The minimum absolute atomic E-state index is 0.0548. The summed E-state index contributed by atoms with van der Waals surface area (Å²) in [5, 5.41) is 14.4. The summed E-state index contributed by atoms with van der Waals surface area (Å²) in [5.74, 6) is 0.409. The van der Waals surface area contributed by atoms with Crippen molar-refractivity contribution in [2.75, 3.05) is 29.1 Å².